The van der Waals surface area contributed by atoms with Gasteiger partial charge in [0.15, 0.2) is 0 Å². The molecule has 1 fully saturated rings. The molecule has 0 radical (unpaired) electrons. The van der Waals surface area contributed by atoms with Gasteiger partial charge in [-0.05, 0) is 74.7 Å². The van der Waals surface area contributed by atoms with E-state index in [-0.39, 0.29) is 32.2 Å². The predicted molar refractivity (Wildman–Crippen MR) is 209 cm³/mol. The molecule has 0 bridgehead atoms. The molecule has 1 amide bonds. The van der Waals surface area contributed by atoms with Gasteiger partial charge in [-0.1, -0.05) is 54.6 Å². The normalized spacial score (nSPS) is 18.0. The van der Waals surface area contributed by atoms with E-state index in [1.165, 1.54) is 0 Å². The van der Waals surface area contributed by atoms with E-state index in [9.17, 15) is 9.90 Å². The Hall–Kier alpha value is -4.39. The van der Waals surface area contributed by atoms with Crippen molar-refractivity contribution in [3.05, 3.63) is 102 Å². The summed E-state index contributed by atoms with van der Waals surface area (Å²) in [5, 5.41) is 15.7. The maximum atomic E-state index is 13.5. The number of carbonyl (C=O) groups is 1. The van der Waals surface area contributed by atoms with Gasteiger partial charge in [0, 0.05) is 29.8 Å². The molecular formula is C43H56N2O9. The van der Waals surface area contributed by atoms with Gasteiger partial charge in [-0.2, -0.15) is 0 Å². The topological polar surface area (TPSA) is 117 Å². The van der Waals surface area contributed by atoms with Gasteiger partial charge in [0.2, 0.25) is 0 Å². The summed E-state index contributed by atoms with van der Waals surface area (Å²) in [7, 11) is 5.10. The molecule has 4 aromatic rings. The number of nitrogens with one attached hydrogen (secondary N) is 1. The quantitative estimate of drug-likeness (QED) is 0.106. The Bertz CT molecular complexity index is 1760. The molecule has 1 aliphatic heterocycles. The van der Waals surface area contributed by atoms with Crippen LogP contribution < -0.4 is 19.5 Å². The second-order valence-electron chi connectivity index (χ2n) is 14.5. The van der Waals surface area contributed by atoms with Crippen molar-refractivity contribution >= 4 is 16.9 Å². The number of para-hydroxylation sites is 1. The van der Waals surface area contributed by atoms with Crippen molar-refractivity contribution in [3.63, 3.8) is 0 Å². The summed E-state index contributed by atoms with van der Waals surface area (Å²) >= 11 is 0. The van der Waals surface area contributed by atoms with Gasteiger partial charge in [0.25, 0.3) is 0 Å². The van der Waals surface area contributed by atoms with E-state index in [0.717, 1.165) is 51.1 Å². The lowest BCUT2D eigenvalue weighted by Crippen LogP contribution is -2.55. The van der Waals surface area contributed by atoms with E-state index in [2.05, 4.69) is 11.4 Å². The maximum absolute atomic E-state index is 13.5. The monoisotopic (exact) mass is 744 g/mol. The molecule has 0 unspecified atom stereocenters. The van der Waals surface area contributed by atoms with Crippen LogP contribution in [0.25, 0.3) is 10.8 Å². The SMILES string of the molecule is CNC[C@@H](O)CO[C@@H]1CN(C(=O)OC(C)(C)C)C[C@H](OCc2cc(OC)c3ccccc3c2)[C@H]1c1ccc(OCCCOCc2ccccc2OC)cc1. The molecule has 0 aliphatic carbocycles. The number of amides is 1. The molecule has 4 atom stereocenters. The number of benzene rings is 4. The number of ether oxygens (including phenoxy) is 7. The number of rotatable bonds is 18. The molecule has 0 aromatic heterocycles. The van der Waals surface area contributed by atoms with Gasteiger partial charge in [0.05, 0.1) is 78.7 Å². The van der Waals surface area contributed by atoms with Crippen molar-refractivity contribution in [2.24, 2.45) is 0 Å². The number of piperidine rings is 1. The molecule has 1 aliphatic rings. The number of hydrogen-bond donors (Lipinski definition) is 2. The van der Waals surface area contributed by atoms with E-state index in [1.807, 2.05) is 99.6 Å². The van der Waals surface area contributed by atoms with Crippen molar-refractivity contribution in [3.8, 4) is 17.2 Å². The van der Waals surface area contributed by atoms with Crippen molar-refractivity contribution in [2.45, 2.75) is 70.2 Å². The van der Waals surface area contributed by atoms with Crippen molar-refractivity contribution in [1.29, 1.82) is 0 Å². The predicted octanol–water partition coefficient (Wildman–Crippen LogP) is 6.73. The highest BCUT2D eigenvalue weighted by Gasteiger charge is 2.42. The fourth-order valence-electron chi connectivity index (χ4n) is 6.65. The van der Waals surface area contributed by atoms with Gasteiger partial charge in [-0.25, -0.2) is 4.79 Å². The summed E-state index contributed by atoms with van der Waals surface area (Å²) in [6.45, 7) is 8.34. The first-order valence-corrected chi connectivity index (χ1v) is 18.6. The number of methoxy groups -OCH3 is 2. The molecule has 4 aromatic carbocycles. The Labute approximate surface area is 319 Å². The van der Waals surface area contributed by atoms with Gasteiger partial charge in [0.1, 0.15) is 22.8 Å². The third kappa shape index (κ3) is 11.6. The number of likely N-dealkylation sites (tertiary alicyclic amines) is 1. The average molecular weight is 745 g/mol. The largest absolute Gasteiger partial charge is 0.496 e. The Morgan fingerprint density at radius 1 is 0.870 bits per heavy atom. The number of carbonyl (C=O) groups excluding carboxylic acids is 1. The summed E-state index contributed by atoms with van der Waals surface area (Å²) in [6, 6.07) is 27.9. The van der Waals surface area contributed by atoms with E-state index >= 15 is 0 Å². The fourth-order valence-corrected chi connectivity index (χ4v) is 6.65. The third-order valence-electron chi connectivity index (χ3n) is 9.18. The van der Waals surface area contributed by atoms with E-state index in [1.54, 1.807) is 26.2 Å². The average Bonchev–Trinajstić information content (AvgIpc) is 3.16. The molecule has 292 valence electrons. The zero-order valence-corrected chi connectivity index (χ0v) is 32.4. The zero-order valence-electron chi connectivity index (χ0n) is 32.4. The molecule has 1 saturated heterocycles. The number of aliphatic hydroxyl groups excluding tert-OH is 1. The third-order valence-corrected chi connectivity index (χ3v) is 9.18. The molecular weight excluding hydrogens is 688 g/mol. The van der Waals surface area contributed by atoms with E-state index in [4.69, 9.17) is 33.2 Å². The summed E-state index contributed by atoms with van der Waals surface area (Å²) in [5.74, 6) is 2.04. The second-order valence-corrected chi connectivity index (χ2v) is 14.5. The minimum atomic E-state index is -0.730. The fraction of sp³-hybridized carbons (Fsp3) is 0.465. The van der Waals surface area contributed by atoms with Crippen LogP contribution in [0, 0.1) is 0 Å². The number of aliphatic hydroxyl groups is 1. The van der Waals surface area contributed by atoms with Gasteiger partial charge >= 0.3 is 6.09 Å². The van der Waals surface area contributed by atoms with Crippen LogP contribution in [0.15, 0.2) is 84.9 Å². The summed E-state index contributed by atoms with van der Waals surface area (Å²) in [6.07, 6.45) is -1.42. The van der Waals surface area contributed by atoms with Crippen LogP contribution in [0.4, 0.5) is 4.79 Å². The summed E-state index contributed by atoms with van der Waals surface area (Å²) < 4.78 is 42.1. The molecule has 0 spiro atoms. The van der Waals surface area contributed by atoms with E-state index in [0.29, 0.717) is 26.4 Å². The molecule has 0 saturated carbocycles. The van der Waals surface area contributed by atoms with Gasteiger partial charge in [-0.15, -0.1) is 0 Å². The highest BCUT2D eigenvalue weighted by molar-refractivity contribution is 5.89. The van der Waals surface area contributed by atoms with Gasteiger partial charge < -0.3 is 48.5 Å². The first kappa shape index (κ1) is 40.8. The Kier molecular flexibility index (Phi) is 15.0. The summed E-state index contributed by atoms with van der Waals surface area (Å²) in [5.41, 5.74) is 2.24. The number of hydrogen-bond acceptors (Lipinski definition) is 10. The van der Waals surface area contributed by atoms with Gasteiger partial charge in [-0.3, -0.25) is 0 Å². The lowest BCUT2D eigenvalue weighted by Gasteiger charge is -2.44. The number of likely N-dealkylation sites (N-methyl/N-ethyl adjacent to an activating group) is 1. The Morgan fingerprint density at radius 2 is 1.57 bits per heavy atom. The van der Waals surface area contributed by atoms with Crippen molar-refractivity contribution in [2.75, 3.05) is 60.7 Å². The molecule has 11 nitrogen and oxygen atoms in total. The van der Waals surface area contributed by atoms with Crippen LogP contribution in [0.3, 0.4) is 0 Å². The smallest absolute Gasteiger partial charge is 0.410 e. The first-order valence-electron chi connectivity index (χ1n) is 18.6. The van der Waals surface area contributed by atoms with Crippen LogP contribution in [0.5, 0.6) is 17.2 Å². The molecule has 11 heteroatoms. The van der Waals surface area contributed by atoms with Crippen molar-refractivity contribution < 1.29 is 43.1 Å². The van der Waals surface area contributed by atoms with E-state index < -0.39 is 30.0 Å². The Morgan fingerprint density at radius 3 is 2.30 bits per heavy atom. The highest BCUT2D eigenvalue weighted by Crippen LogP contribution is 2.36. The summed E-state index contributed by atoms with van der Waals surface area (Å²) in [4.78, 5) is 15.1. The van der Waals surface area contributed by atoms with Crippen LogP contribution in [0.1, 0.15) is 49.8 Å². The highest BCUT2D eigenvalue weighted by atomic mass is 16.6. The van der Waals surface area contributed by atoms with Crippen LogP contribution in [-0.2, 0) is 32.2 Å². The van der Waals surface area contributed by atoms with Crippen LogP contribution >= 0.6 is 0 Å². The number of fused-ring (bicyclic) bond motifs is 1. The standard InChI is InChI=1S/C43H56N2O9/c1-43(2,3)54-42(47)45-25-39(52-27-30-22-32-12-7-9-14-36(32)38(23-30)49-6)41(40(26-45)53-29-34(46)24-44-4)31-16-18-35(19-17-31)51-21-11-20-50-28-33-13-8-10-15-37(33)48-5/h7-10,12-19,22-23,34,39-41,44,46H,11,20-21,24-29H2,1-6H3/t34-,39+,40-,41-/m1/s1. The van der Waals surface area contributed by atoms with Crippen LogP contribution in [-0.4, -0.2) is 101 Å². The minimum Gasteiger partial charge on any atom is -0.496 e. The maximum Gasteiger partial charge on any atom is 0.410 e. The second kappa shape index (κ2) is 19.8. The molecule has 5 rings (SSSR count). The lowest BCUT2D eigenvalue weighted by molar-refractivity contribution is -0.107. The number of nitrogens with zero attached hydrogens (tertiary/aromatic N) is 1. The lowest BCUT2D eigenvalue weighted by atomic mass is 9.84. The molecule has 2 N–H and O–H groups in total. The molecule has 54 heavy (non-hydrogen) atoms. The first-order chi connectivity index (χ1) is 26.1. The Balaban J connectivity index is 1.32. The zero-order chi connectivity index (χ0) is 38.5. The van der Waals surface area contributed by atoms with Crippen LogP contribution in [0.2, 0.25) is 0 Å². The molecule has 1 heterocycles. The van der Waals surface area contributed by atoms with Crippen molar-refractivity contribution in [1.82, 2.24) is 10.2 Å². The minimum absolute atomic E-state index is 0.0824.